The summed E-state index contributed by atoms with van der Waals surface area (Å²) in [5.41, 5.74) is -0.271. The van der Waals surface area contributed by atoms with Crippen molar-refractivity contribution in [2.45, 2.75) is 17.9 Å². The Balaban J connectivity index is 3.17. The zero-order chi connectivity index (χ0) is 14.6. The second-order valence-corrected chi connectivity index (χ2v) is 6.99. The largest absolute Gasteiger partial charge is 0.243 e. The molecule has 0 saturated carbocycles. The Morgan fingerprint density at radius 1 is 1.53 bits per heavy atom. The van der Waals surface area contributed by atoms with Crippen molar-refractivity contribution in [1.82, 2.24) is 4.31 Å². The van der Waals surface area contributed by atoms with Crippen molar-refractivity contribution in [3.05, 3.63) is 29.6 Å². The van der Waals surface area contributed by atoms with Gasteiger partial charge in [0.1, 0.15) is 11.9 Å². The normalized spacial score (nSPS) is 13.3. The average molecular weight is 302 g/mol. The minimum Gasteiger partial charge on any atom is -0.207 e. The summed E-state index contributed by atoms with van der Waals surface area (Å²) in [5, 5.41) is 8.74. The molecule has 0 spiro atoms. The fourth-order valence-corrected chi connectivity index (χ4v) is 3.69. The molecule has 0 heterocycles. The molecule has 0 N–H and O–H groups in total. The smallest absolute Gasteiger partial charge is 0.207 e. The molecule has 0 aliphatic rings. The lowest BCUT2D eigenvalue weighted by Crippen LogP contribution is -2.36. The molecule has 1 aromatic rings. The van der Waals surface area contributed by atoms with Gasteiger partial charge >= 0.3 is 0 Å². The van der Waals surface area contributed by atoms with Gasteiger partial charge in [0.05, 0.1) is 10.5 Å². The van der Waals surface area contributed by atoms with Crippen LogP contribution in [0, 0.1) is 17.1 Å². The predicted octanol–water partition coefficient (Wildman–Crippen LogP) is 2.07. The number of sulfonamides is 1. The van der Waals surface area contributed by atoms with Crippen molar-refractivity contribution in [2.24, 2.45) is 0 Å². The second-order valence-electron chi connectivity index (χ2n) is 4.08. The molecule has 1 aromatic carbocycles. The maximum absolute atomic E-state index is 13.2. The summed E-state index contributed by atoms with van der Waals surface area (Å²) < 4.78 is 39.1. The van der Waals surface area contributed by atoms with Gasteiger partial charge in [0.15, 0.2) is 0 Å². The van der Waals surface area contributed by atoms with E-state index in [4.69, 9.17) is 5.26 Å². The molecule has 1 atom stereocenters. The Labute approximate surface area is 117 Å². The van der Waals surface area contributed by atoms with Gasteiger partial charge in [-0.2, -0.15) is 21.3 Å². The third kappa shape index (κ3) is 3.47. The van der Waals surface area contributed by atoms with Gasteiger partial charge < -0.3 is 0 Å². The van der Waals surface area contributed by atoms with Crippen LogP contribution in [0.3, 0.4) is 0 Å². The minimum atomic E-state index is -3.71. The highest BCUT2D eigenvalue weighted by Crippen LogP contribution is 2.20. The lowest BCUT2D eigenvalue weighted by Gasteiger charge is -2.23. The monoisotopic (exact) mass is 302 g/mol. The summed E-state index contributed by atoms with van der Waals surface area (Å²) in [7, 11) is -2.23. The van der Waals surface area contributed by atoms with Crippen LogP contribution in [-0.2, 0) is 10.0 Å². The van der Waals surface area contributed by atoms with E-state index in [1.807, 2.05) is 6.26 Å². The molecule has 0 aromatic heterocycles. The quantitative estimate of drug-likeness (QED) is 0.835. The van der Waals surface area contributed by atoms with Crippen LogP contribution in [0.4, 0.5) is 4.39 Å². The van der Waals surface area contributed by atoms with E-state index in [9.17, 15) is 12.8 Å². The molecule has 4 nitrogen and oxygen atoms in total. The summed E-state index contributed by atoms with van der Waals surface area (Å²) in [6, 6.07) is 4.69. The van der Waals surface area contributed by atoms with Crippen LogP contribution in [0.1, 0.15) is 12.5 Å². The fourth-order valence-electron chi connectivity index (χ4n) is 1.50. The molecule has 104 valence electrons. The van der Waals surface area contributed by atoms with Crippen molar-refractivity contribution in [1.29, 1.82) is 5.26 Å². The lowest BCUT2D eigenvalue weighted by molar-refractivity contribution is 0.415. The van der Waals surface area contributed by atoms with Crippen LogP contribution in [0.2, 0.25) is 0 Å². The van der Waals surface area contributed by atoms with Crippen molar-refractivity contribution >= 4 is 21.8 Å². The molecule has 1 rings (SSSR count). The van der Waals surface area contributed by atoms with Gasteiger partial charge in [-0.3, -0.25) is 0 Å². The van der Waals surface area contributed by atoms with Crippen LogP contribution < -0.4 is 0 Å². The molecule has 0 aliphatic carbocycles. The lowest BCUT2D eigenvalue weighted by atomic mass is 10.2. The van der Waals surface area contributed by atoms with Crippen LogP contribution in [0.15, 0.2) is 23.1 Å². The van der Waals surface area contributed by atoms with E-state index in [0.29, 0.717) is 5.75 Å². The van der Waals surface area contributed by atoms with Crippen LogP contribution in [0.5, 0.6) is 0 Å². The Morgan fingerprint density at radius 2 is 2.16 bits per heavy atom. The van der Waals surface area contributed by atoms with E-state index >= 15 is 0 Å². The Hall–Kier alpha value is -1.10. The van der Waals surface area contributed by atoms with E-state index in [1.165, 1.54) is 17.4 Å². The SMILES string of the molecule is CSCC(C)N(C)S(=O)(=O)c1ccc(F)c(C#N)c1. The van der Waals surface area contributed by atoms with Gasteiger partial charge in [0.25, 0.3) is 0 Å². The molecule has 7 heteroatoms. The van der Waals surface area contributed by atoms with Gasteiger partial charge in [0.2, 0.25) is 10.0 Å². The summed E-state index contributed by atoms with van der Waals surface area (Å²) in [5.74, 6) is -0.0663. The summed E-state index contributed by atoms with van der Waals surface area (Å²) in [6.07, 6.45) is 1.89. The Bertz CT molecular complexity index is 596. The fraction of sp³-hybridized carbons (Fsp3) is 0.417. The molecule has 19 heavy (non-hydrogen) atoms. The zero-order valence-electron chi connectivity index (χ0n) is 10.9. The highest BCUT2D eigenvalue weighted by molar-refractivity contribution is 7.98. The topological polar surface area (TPSA) is 61.2 Å². The van der Waals surface area contributed by atoms with Crippen LogP contribution in [-0.4, -0.2) is 37.8 Å². The standard InChI is InChI=1S/C12H15FN2O2S2/c1-9(8-18-3)15(2)19(16,17)11-4-5-12(13)10(6-11)7-14/h4-6,9H,8H2,1-3H3. The van der Waals surface area contributed by atoms with Gasteiger partial charge in [-0.1, -0.05) is 0 Å². The first-order chi connectivity index (χ1) is 8.84. The molecule has 1 unspecified atom stereocenters. The first kappa shape index (κ1) is 16.0. The van der Waals surface area contributed by atoms with Gasteiger partial charge in [-0.15, -0.1) is 0 Å². The number of rotatable bonds is 5. The second kappa shape index (κ2) is 6.37. The third-order valence-electron chi connectivity index (χ3n) is 2.76. The number of halogens is 1. The highest BCUT2D eigenvalue weighted by atomic mass is 32.2. The van der Waals surface area contributed by atoms with E-state index in [1.54, 1.807) is 24.8 Å². The van der Waals surface area contributed by atoms with Crippen LogP contribution >= 0.6 is 11.8 Å². The number of hydrogen-bond donors (Lipinski definition) is 0. The molecular formula is C12H15FN2O2S2. The van der Waals surface area contributed by atoms with Crippen molar-refractivity contribution in [3.8, 4) is 6.07 Å². The van der Waals surface area contributed by atoms with Crippen molar-refractivity contribution in [2.75, 3.05) is 19.1 Å². The summed E-state index contributed by atoms with van der Waals surface area (Å²) in [4.78, 5) is -0.0686. The third-order valence-corrected chi connectivity index (χ3v) is 5.55. The molecule has 0 fully saturated rings. The van der Waals surface area contributed by atoms with Crippen molar-refractivity contribution < 1.29 is 12.8 Å². The predicted molar refractivity (Wildman–Crippen MR) is 73.9 cm³/mol. The summed E-state index contributed by atoms with van der Waals surface area (Å²) in [6.45, 7) is 1.79. The van der Waals surface area contributed by atoms with Gasteiger partial charge in [-0.25, -0.2) is 12.8 Å². The van der Waals surface area contributed by atoms with E-state index in [0.717, 1.165) is 12.1 Å². The molecular weight excluding hydrogens is 287 g/mol. The van der Waals surface area contributed by atoms with Crippen LogP contribution in [0.25, 0.3) is 0 Å². The molecule has 0 bridgehead atoms. The average Bonchev–Trinajstić information content (AvgIpc) is 2.38. The number of nitriles is 1. The molecule has 0 saturated heterocycles. The number of hydrogen-bond acceptors (Lipinski definition) is 4. The van der Waals surface area contributed by atoms with E-state index in [-0.39, 0.29) is 16.5 Å². The highest BCUT2D eigenvalue weighted by Gasteiger charge is 2.25. The summed E-state index contributed by atoms with van der Waals surface area (Å²) >= 11 is 1.54. The first-order valence-electron chi connectivity index (χ1n) is 5.51. The number of benzene rings is 1. The maximum atomic E-state index is 13.2. The van der Waals surface area contributed by atoms with E-state index in [2.05, 4.69) is 0 Å². The minimum absolute atomic E-state index is 0.0686. The zero-order valence-corrected chi connectivity index (χ0v) is 12.6. The van der Waals surface area contributed by atoms with Crippen molar-refractivity contribution in [3.63, 3.8) is 0 Å². The number of nitrogens with zero attached hydrogens (tertiary/aromatic N) is 2. The molecule has 0 aliphatic heterocycles. The number of thioether (sulfide) groups is 1. The Morgan fingerprint density at radius 3 is 2.68 bits per heavy atom. The maximum Gasteiger partial charge on any atom is 0.243 e. The first-order valence-corrected chi connectivity index (χ1v) is 8.34. The molecule has 0 amide bonds. The molecule has 0 radical (unpaired) electrons. The van der Waals surface area contributed by atoms with E-state index < -0.39 is 15.8 Å². The van der Waals surface area contributed by atoms with Gasteiger partial charge in [0, 0.05) is 18.8 Å². The Kier molecular flexibility index (Phi) is 5.35. The van der Waals surface area contributed by atoms with Gasteiger partial charge in [-0.05, 0) is 31.4 Å².